The van der Waals surface area contributed by atoms with Crippen LogP contribution in [0.1, 0.15) is 31.7 Å². The molecular weight excluding hydrogens is 292 g/mol. The van der Waals surface area contributed by atoms with Crippen molar-refractivity contribution < 1.29 is 9.53 Å². The first-order valence-corrected chi connectivity index (χ1v) is 7.24. The van der Waals surface area contributed by atoms with Crippen LogP contribution < -0.4 is 4.74 Å². The third-order valence-electron chi connectivity index (χ3n) is 3.74. The molecule has 2 atom stereocenters. The number of carbonyl (C=O) groups is 1. The Hall–Kier alpha value is -0.830. The van der Waals surface area contributed by atoms with Gasteiger partial charge in [0.1, 0.15) is 11.5 Å². The van der Waals surface area contributed by atoms with Crippen LogP contribution in [0.15, 0.2) is 22.7 Å². The number of rotatable bonds is 3. The maximum absolute atomic E-state index is 12.0. The predicted molar refractivity (Wildman–Crippen MR) is 75.9 cm³/mol. The average Bonchev–Trinajstić information content (AvgIpc) is 2.36. The van der Waals surface area contributed by atoms with E-state index in [1.165, 1.54) is 5.56 Å². The number of Topliss-reactive ketones (excluding diaryl/α,β-unsaturated/α-hetero) is 1. The topological polar surface area (TPSA) is 26.3 Å². The van der Waals surface area contributed by atoms with Gasteiger partial charge in [-0.2, -0.15) is 0 Å². The summed E-state index contributed by atoms with van der Waals surface area (Å²) in [4.78, 5) is 12.0. The van der Waals surface area contributed by atoms with Gasteiger partial charge in [-0.05, 0) is 48.9 Å². The first-order valence-electron chi connectivity index (χ1n) is 6.45. The van der Waals surface area contributed by atoms with Crippen LogP contribution in [0.5, 0.6) is 5.75 Å². The molecule has 1 aromatic carbocycles. The predicted octanol–water partition coefficient (Wildman–Crippen LogP) is 4.01. The van der Waals surface area contributed by atoms with Crippen LogP contribution >= 0.6 is 15.9 Å². The van der Waals surface area contributed by atoms with Crippen molar-refractivity contribution in [1.82, 2.24) is 0 Å². The van der Waals surface area contributed by atoms with E-state index in [-0.39, 0.29) is 5.92 Å². The van der Waals surface area contributed by atoms with Crippen molar-refractivity contribution in [2.24, 2.45) is 11.8 Å². The van der Waals surface area contributed by atoms with Gasteiger partial charge in [0.05, 0.1) is 7.11 Å². The van der Waals surface area contributed by atoms with Gasteiger partial charge in [0.2, 0.25) is 0 Å². The molecule has 1 aliphatic rings. The number of ether oxygens (including phenoxy) is 1. The highest BCUT2D eigenvalue weighted by Crippen LogP contribution is 2.31. The fourth-order valence-electron chi connectivity index (χ4n) is 2.62. The van der Waals surface area contributed by atoms with Crippen LogP contribution in [0.25, 0.3) is 0 Å². The van der Waals surface area contributed by atoms with Gasteiger partial charge in [0, 0.05) is 16.8 Å². The van der Waals surface area contributed by atoms with Crippen molar-refractivity contribution in [1.29, 1.82) is 0 Å². The lowest BCUT2D eigenvalue weighted by molar-refractivity contribution is -0.125. The van der Waals surface area contributed by atoms with E-state index in [0.717, 1.165) is 35.9 Å². The van der Waals surface area contributed by atoms with Crippen molar-refractivity contribution >= 4 is 21.7 Å². The maximum Gasteiger partial charge on any atom is 0.136 e. The average molecular weight is 311 g/mol. The van der Waals surface area contributed by atoms with Gasteiger partial charge in [0.15, 0.2) is 0 Å². The lowest BCUT2D eigenvalue weighted by Crippen LogP contribution is -2.25. The molecule has 1 aromatic rings. The van der Waals surface area contributed by atoms with Crippen LogP contribution in [0.2, 0.25) is 0 Å². The summed E-state index contributed by atoms with van der Waals surface area (Å²) in [5.41, 5.74) is 1.17. The Balaban J connectivity index is 2.14. The number of ketones is 1. The zero-order chi connectivity index (χ0) is 13.1. The van der Waals surface area contributed by atoms with Crippen molar-refractivity contribution in [3.05, 3.63) is 28.2 Å². The molecule has 0 radical (unpaired) electrons. The van der Waals surface area contributed by atoms with Gasteiger partial charge in [-0.25, -0.2) is 0 Å². The Morgan fingerprint density at radius 2 is 2.22 bits per heavy atom. The molecule has 0 bridgehead atoms. The largest absolute Gasteiger partial charge is 0.497 e. The third kappa shape index (κ3) is 3.14. The molecule has 0 saturated heterocycles. The Kier molecular flexibility index (Phi) is 4.44. The molecular formula is C15H19BrO2. The van der Waals surface area contributed by atoms with Gasteiger partial charge in [-0.1, -0.05) is 22.9 Å². The summed E-state index contributed by atoms with van der Waals surface area (Å²) in [6.45, 7) is 2.24. The van der Waals surface area contributed by atoms with E-state index in [1.54, 1.807) is 7.11 Å². The molecule has 0 amide bonds. The first-order chi connectivity index (χ1) is 8.60. The van der Waals surface area contributed by atoms with Crippen molar-refractivity contribution in [2.45, 2.75) is 32.6 Å². The van der Waals surface area contributed by atoms with Crippen molar-refractivity contribution in [3.8, 4) is 5.75 Å². The van der Waals surface area contributed by atoms with E-state index in [0.29, 0.717) is 11.7 Å². The monoisotopic (exact) mass is 310 g/mol. The lowest BCUT2D eigenvalue weighted by atomic mass is 9.78. The van der Waals surface area contributed by atoms with Crippen molar-refractivity contribution in [2.75, 3.05) is 7.11 Å². The number of benzene rings is 1. The second-order valence-corrected chi connectivity index (χ2v) is 6.06. The van der Waals surface area contributed by atoms with E-state index >= 15 is 0 Å². The zero-order valence-corrected chi connectivity index (χ0v) is 12.5. The molecule has 98 valence electrons. The van der Waals surface area contributed by atoms with E-state index in [2.05, 4.69) is 22.9 Å². The van der Waals surface area contributed by atoms with E-state index in [1.807, 2.05) is 18.2 Å². The molecule has 1 fully saturated rings. The standard InChI is InChI=1S/C15H19BrO2/c1-10-3-6-15(17)12(7-10)8-11-9-13(18-2)4-5-14(11)16/h4-5,9-10,12H,3,6-8H2,1-2H3. The normalized spacial score (nSPS) is 24.1. The quantitative estimate of drug-likeness (QED) is 0.843. The highest BCUT2D eigenvalue weighted by molar-refractivity contribution is 9.10. The fourth-order valence-corrected chi connectivity index (χ4v) is 3.03. The molecule has 2 rings (SSSR count). The smallest absolute Gasteiger partial charge is 0.136 e. The summed E-state index contributed by atoms with van der Waals surface area (Å²) < 4.78 is 6.31. The van der Waals surface area contributed by atoms with E-state index in [9.17, 15) is 4.79 Å². The van der Waals surface area contributed by atoms with Crippen LogP contribution in [0.3, 0.4) is 0 Å². The molecule has 1 saturated carbocycles. The summed E-state index contributed by atoms with van der Waals surface area (Å²) in [5, 5.41) is 0. The molecule has 2 unspecified atom stereocenters. The maximum atomic E-state index is 12.0. The number of hydrogen-bond donors (Lipinski definition) is 0. The summed E-state index contributed by atoms with van der Waals surface area (Å²) in [6.07, 6.45) is 3.63. The van der Waals surface area contributed by atoms with E-state index in [4.69, 9.17) is 4.74 Å². The zero-order valence-electron chi connectivity index (χ0n) is 10.9. The Bertz CT molecular complexity index is 442. The van der Waals surface area contributed by atoms with Crippen LogP contribution in [-0.4, -0.2) is 12.9 Å². The van der Waals surface area contributed by atoms with Gasteiger partial charge in [-0.15, -0.1) is 0 Å². The highest BCUT2D eigenvalue weighted by Gasteiger charge is 2.27. The van der Waals surface area contributed by atoms with Gasteiger partial charge < -0.3 is 4.74 Å². The Morgan fingerprint density at radius 1 is 1.44 bits per heavy atom. The molecule has 18 heavy (non-hydrogen) atoms. The number of hydrogen-bond acceptors (Lipinski definition) is 2. The van der Waals surface area contributed by atoms with Crippen LogP contribution in [-0.2, 0) is 11.2 Å². The lowest BCUT2D eigenvalue weighted by Gasteiger charge is -2.26. The minimum absolute atomic E-state index is 0.178. The van der Waals surface area contributed by atoms with Crippen molar-refractivity contribution in [3.63, 3.8) is 0 Å². The second kappa shape index (κ2) is 5.87. The fraction of sp³-hybridized carbons (Fsp3) is 0.533. The van der Waals surface area contributed by atoms with Crippen LogP contribution in [0, 0.1) is 11.8 Å². The molecule has 0 heterocycles. The number of halogens is 1. The Labute approximate surface area is 117 Å². The summed E-state index contributed by atoms with van der Waals surface area (Å²) in [7, 11) is 1.67. The third-order valence-corrected chi connectivity index (χ3v) is 4.52. The van der Waals surface area contributed by atoms with Gasteiger partial charge >= 0.3 is 0 Å². The second-order valence-electron chi connectivity index (χ2n) is 5.20. The first kappa shape index (κ1) is 13.6. The van der Waals surface area contributed by atoms with Gasteiger partial charge in [0.25, 0.3) is 0 Å². The molecule has 0 N–H and O–H groups in total. The molecule has 0 spiro atoms. The SMILES string of the molecule is COc1ccc(Br)c(CC2CC(C)CCC2=O)c1. The summed E-state index contributed by atoms with van der Waals surface area (Å²) in [5.74, 6) is 2.11. The van der Waals surface area contributed by atoms with Crippen LogP contribution in [0.4, 0.5) is 0 Å². The highest BCUT2D eigenvalue weighted by atomic mass is 79.9. The molecule has 3 heteroatoms. The number of carbonyl (C=O) groups excluding carboxylic acids is 1. The van der Waals surface area contributed by atoms with Gasteiger partial charge in [-0.3, -0.25) is 4.79 Å². The molecule has 2 nitrogen and oxygen atoms in total. The minimum Gasteiger partial charge on any atom is -0.497 e. The summed E-state index contributed by atoms with van der Waals surface area (Å²) >= 11 is 3.55. The number of methoxy groups -OCH3 is 1. The summed E-state index contributed by atoms with van der Waals surface area (Å²) in [6, 6.07) is 5.94. The molecule has 0 aromatic heterocycles. The molecule has 0 aliphatic heterocycles. The minimum atomic E-state index is 0.178. The Morgan fingerprint density at radius 3 is 2.94 bits per heavy atom. The molecule has 1 aliphatic carbocycles. The van der Waals surface area contributed by atoms with E-state index < -0.39 is 0 Å².